The number of carbonyl (C=O) groups excluding carboxylic acids is 1. The molecule has 0 fully saturated rings. The highest BCUT2D eigenvalue weighted by molar-refractivity contribution is 5.81. The van der Waals surface area contributed by atoms with Crippen molar-refractivity contribution in [3.8, 4) is 5.75 Å². The van der Waals surface area contributed by atoms with Gasteiger partial charge in [-0.05, 0) is 17.7 Å². The van der Waals surface area contributed by atoms with Crippen LogP contribution < -0.4 is 4.74 Å². The van der Waals surface area contributed by atoms with E-state index >= 15 is 0 Å². The van der Waals surface area contributed by atoms with Crippen LogP contribution >= 0.6 is 0 Å². The van der Waals surface area contributed by atoms with Crippen molar-refractivity contribution < 1.29 is 14.3 Å². The molecule has 0 spiro atoms. The van der Waals surface area contributed by atoms with Crippen LogP contribution in [0, 0.1) is 5.92 Å². The maximum Gasteiger partial charge on any atom is 0.160 e. The third kappa shape index (κ3) is 4.03. The summed E-state index contributed by atoms with van der Waals surface area (Å²) in [6.45, 7) is 4.39. The number of hydrogen-bond donors (Lipinski definition) is 0. The SMILES string of the molecule is COc1ccc(COCC(=O)C(C)C)cc1. The first kappa shape index (κ1) is 12.7. The topological polar surface area (TPSA) is 35.5 Å². The monoisotopic (exact) mass is 222 g/mol. The second-order valence-electron chi connectivity index (χ2n) is 3.96. The fourth-order valence-corrected chi connectivity index (χ4v) is 1.16. The summed E-state index contributed by atoms with van der Waals surface area (Å²) in [5.74, 6) is 0.992. The average Bonchev–Trinajstić information content (AvgIpc) is 2.29. The Kier molecular flexibility index (Phi) is 4.99. The lowest BCUT2D eigenvalue weighted by Gasteiger charge is -2.06. The number of benzene rings is 1. The molecule has 16 heavy (non-hydrogen) atoms. The van der Waals surface area contributed by atoms with Gasteiger partial charge in [0.25, 0.3) is 0 Å². The Labute approximate surface area is 96.4 Å². The van der Waals surface area contributed by atoms with Crippen LogP contribution in [0.2, 0.25) is 0 Å². The zero-order valence-corrected chi connectivity index (χ0v) is 10.0. The summed E-state index contributed by atoms with van der Waals surface area (Å²) in [6, 6.07) is 7.61. The van der Waals surface area contributed by atoms with E-state index in [2.05, 4.69) is 0 Å². The number of ether oxygens (including phenoxy) is 2. The molecule has 0 amide bonds. The number of hydrogen-bond acceptors (Lipinski definition) is 3. The molecule has 0 saturated heterocycles. The van der Waals surface area contributed by atoms with E-state index in [4.69, 9.17) is 9.47 Å². The lowest BCUT2D eigenvalue weighted by Crippen LogP contribution is -2.14. The molecule has 0 atom stereocenters. The molecule has 0 saturated carbocycles. The van der Waals surface area contributed by atoms with Gasteiger partial charge >= 0.3 is 0 Å². The van der Waals surface area contributed by atoms with Crippen molar-refractivity contribution in [1.29, 1.82) is 0 Å². The zero-order valence-electron chi connectivity index (χ0n) is 10.0. The van der Waals surface area contributed by atoms with Crippen LogP contribution in [0.3, 0.4) is 0 Å². The van der Waals surface area contributed by atoms with Crippen LogP contribution in [0.15, 0.2) is 24.3 Å². The molecule has 0 aliphatic rings. The summed E-state index contributed by atoms with van der Waals surface area (Å²) in [7, 11) is 1.63. The molecule has 88 valence electrons. The summed E-state index contributed by atoms with van der Waals surface area (Å²) in [6.07, 6.45) is 0. The van der Waals surface area contributed by atoms with Crippen molar-refractivity contribution in [2.75, 3.05) is 13.7 Å². The van der Waals surface area contributed by atoms with E-state index in [9.17, 15) is 4.79 Å². The lowest BCUT2D eigenvalue weighted by atomic mass is 10.1. The van der Waals surface area contributed by atoms with Crippen LogP contribution in [-0.2, 0) is 16.1 Å². The molecule has 3 heteroatoms. The number of Topliss-reactive ketones (excluding diaryl/α,β-unsaturated/α-hetero) is 1. The summed E-state index contributed by atoms with van der Waals surface area (Å²) < 4.78 is 10.4. The molecule has 1 aromatic rings. The van der Waals surface area contributed by atoms with Gasteiger partial charge in [0.05, 0.1) is 13.7 Å². The second kappa shape index (κ2) is 6.28. The van der Waals surface area contributed by atoms with Crippen molar-refractivity contribution in [3.05, 3.63) is 29.8 Å². The van der Waals surface area contributed by atoms with Gasteiger partial charge in [-0.15, -0.1) is 0 Å². The molecule has 0 N–H and O–H groups in total. The van der Waals surface area contributed by atoms with E-state index in [1.165, 1.54) is 0 Å². The first-order valence-electron chi connectivity index (χ1n) is 5.37. The summed E-state index contributed by atoms with van der Waals surface area (Å²) >= 11 is 0. The number of carbonyl (C=O) groups is 1. The Balaban J connectivity index is 2.34. The highest BCUT2D eigenvalue weighted by Gasteiger charge is 2.06. The fraction of sp³-hybridized carbons (Fsp3) is 0.462. The second-order valence-corrected chi connectivity index (χ2v) is 3.96. The number of ketones is 1. The maximum absolute atomic E-state index is 11.3. The average molecular weight is 222 g/mol. The van der Waals surface area contributed by atoms with E-state index < -0.39 is 0 Å². The van der Waals surface area contributed by atoms with Gasteiger partial charge in [0.1, 0.15) is 12.4 Å². The van der Waals surface area contributed by atoms with Crippen molar-refractivity contribution in [2.24, 2.45) is 5.92 Å². The summed E-state index contributed by atoms with van der Waals surface area (Å²) in [5, 5.41) is 0. The van der Waals surface area contributed by atoms with Gasteiger partial charge in [-0.3, -0.25) is 4.79 Å². The third-order valence-corrected chi connectivity index (χ3v) is 2.32. The Morgan fingerprint density at radius 3 is 2.38 bits per heavy atom. The molecular weight excluding hydrogens is 204 g/mol. The van der Waals surface area contributed by atoms with E-state index in [0.29, 0.717) is 6.61 Å². The molecule has 0 radical (unpaired) electrons. The Bertz CT molecular complexity index is 328. The molecule has 0 aromatic heterocycles. The fourth-order valence-electron chi connectivity index (χ4n) is 1.16. The molecule has 0 bridgehead atoms. The molecule has 0 aliphatic heterocycles. The van der Waals surface area contributed by atoms with Gasteiger partial charge in [0.2, 0.25) is 0 Å². The van der Waals surface area contributed by atoms with Gasteiger partial charge in [0.15, 0.2) is 5.78 Å². The van der Waals surface area contributed by atoms with Crippen molar-refractivity contribution in [1.82, 2.24) is 0 Å². The Morgan fingerprint density at radius 1 is 1.25 bits per heavy atom. The van der Waals surface area contributed by atoms with Crippen LogP contribution in [-0.4, -0.2) is 19.5 Å². The predicted molar refractivity (Wildman–Crippen MR) is 62.5 cm³/mol. The van der Waals surface area contributed by atoms with Gasteiger partial charge in [-0.25, -0.2) is 0 Å². The van der Waals surface area contributed by atoms with Gasteiger partial charge in [0, 0.05) is 5.92 Å². The van der Waals surface area contributed by atoms with Gasteiger partial charge in [-0.2, -0.15) is 0 Å². The molecule has 0 aliphatic carbocycles. The van der Waals surface area contributed by atoms with Gasteiger partial charge < -0.3 is 9.47 Å². The van der Waals surface area contributed by atoms with Crippen LogP contribution in [0.4, 0.5) is 0 Å². The largest absolute Gasteiger partial charge is 0.497 e. The van der Waals surface area contributed by atoms with Crippen LogP contribution in [0.25, 0.3) is 0 Å². The smallest absolute Gasteiger partial charge is 0.160 e. The quantitative estimate of drug-likeness (QED) is 0.741. The molecule has 1 aromatic carbocycles. The highest BCUT2D eigenvalue weighted by atomic mass is 16.5. The summed E-state index contributed by atoms with van der Waals surface area (Å²) in [4.78, 5) is 11.3. The minimum Gasteiger partial charge on any atom is -0.497 e. The first-order valence-corrected chi connectivity index (χ1v) is 5.37. The predicted octanol–water partition coefficient (Wildman–Crippen LogP) is 2.44. The summed E-state index contributed by atoms with van der Waals surface area (Å²) in [5.41, 5.74) is 1.04. The number of methoxy groups -OCH3 is 1. The van der Waals surface area contributed by atoms with Crippen molar-refractivity contribution >= 4 is 5.78 Å². The molecule has 3 nitrogen and oxygen atoms in total. The van der Waals surface area contributed by atoms with Crippen LogP contribution in [0.5, 0.6) is 5.75 Å². The Hall–Kier alpha value is -1.35. The lowest BCUT2D eigenvalue weighted by molar-refractivity contribution is -0.126. The minimum atomic E-state index is 0.0378. The molecular formula is C13H18O3. The normalized spacial score (nSPS) is 10.5. The maximum atomic E-state index is 11.3. The molecule has 1 rings (SSSR count). The minimum absolute atomic E-state index is 0.0378. The standard InChI is InChI=1S/C13H18O3/c1-10(2)13(14)9-16-8-11-4-6-12(15-3)7-5-11/h4-7,10H,8-9H2,1-3H3. The number of rotatable bonds is 6. The third-order valence-electron chi connectivity index (χ3n) is 2.32. The molecule has 0 unspecified atom stereocenters. The van der Waals surface area contributed by atoms with E-state index in [0.717, 1.165) is 11.3 Å². The van der Waals surface area contributed by atoms with Crippen LogP contribution in [0.1, 0.15) is 19.4 Å². The van der Waals surface area contributed by atoms with E-state index in [1.54, 1.807) is 7.11 Å². The highest BCUT2D eigenvalue weighted by Crippen LogP contribution is 2.11. The molecule has 0 heterocycles. The van der Waals surface area contributed by atoms with E-state index in [1.807, 2.05) is 38.1 Å². The van der Waals surface area contributed by atoms with Crippen molar-refractivity contribution in [2.45, 2.75) is 20.5 Å². The first-order chi connectivity index (χ1) is 7.63. The van der Waals surface area contributed by atoms with Gasteiger partial charge in [-0.1, -0.05) is 26.0 Å². The Morgan fingerprint density at radius 2 is 1.88 bits per heavy atom. The van der Waals surface area contributed by atoms with Crippen molar-refractivity contribution in [3.63, 3.8) is 0 Å². The van der Waals surface area contributed by atoms with E-state index in [-0.39, 0.29) is 18.3 Å². The zero-order chi connectivity index (χ0) is 12.0.